The number of pyridine rings is 1. The fourth-order valence-electron chi connectivity index (χ4n) is 4.69. The Morgan fingerprint density at radius 2 is 1.71 bits per heavy atom. The number of aromatic nitrogens is 1. The van der Waals surface area contributed by atoms with Gasteiger partial charge in [0.2, 0.25) is 0 Å². The summed E-state index contributed by atoms with van der Waals surface area (Å²) in [6.07, 6.45) is 0.919. The largest absolute Gasteiger partial charge is 0.383 e. The first-order chi connectivity index (χ1) is 17.9. The molecule has 38 heavy (non-hydrogen) atoms. The number of nitrogens with two attached hydrogens (primary N) is 1. The minimum atomic E-state index is -4.25. The summed E-state index contributed by atoms with van der Waals surface area (Å²) in [5.41, 5.74) is 6.21. The van der Waals surface area contributed by atoms with Crippen LogP contribution in [0.3, 0.4) is 0 Å². The second-order valence-electron chi connectivity index (χ2n) is 10.5. The van der Waals surface area contributed by atoms with Crippen LogP contribution in [0.4, 0.5) is 10.6 Å². The molecule has 1 aliphatic rings. The molecule has 4 aromatic rings. The lowest BCUT2D eigenvalue weighted by Crippen LogP contribution is -2.54. The number of hydrogen-bond acceptors (Lipinski definition) is 6. The standard InChI is InChI=1S/C29H30N4O4S/c1-28(2,3)33(38(35,36)24-13-9-8-12-22(24)19-10-6-5-7-11-19)27(34)32-26-29(4,37-26)21-15-14-20-16-17-31-25(30)23(20)18-21/h5-18,26H,1-4H3,(H2,30,31)(H,32,34). The first-order valence-corrected chi connectivity index (χ1v) is 13.7. The van der Waals surface area contributed by atoms with E-state index in [2.05, 4.69) is 10.3 Å². The summed E-state index contributed by atoms with van der Waals surface area (Å²) < 4.78 is 34.9. The molecule has 1 saturated heterocycles. The number of benzene rings is 3. The molecule has 0 radical (unpaired) electrons. The van der Waals surface area contributed by atoms with Crippen LogP contribution in [-0.4, -0.2) is 35.5 Å². The number of rotatable bonds is 5. The Hall–Kier alpha value is -3.95. The van der Waals surface area contributed by atoms with Crippen LogP contribution in [0.15, 0.2) is 90.0 Å². The Kier molecular flexibility index (Phi) is 6.16. The lowest BCUT2D eigenvalue weighted by atomic mass is 9.97. The molecular weight excluding hydrogens is 500 g/mol. The number of fused-ring (bicyclic) bond motifs is 1. The second kappa shape index (κ2) is 9.11. The number of epoxide rings is 1. The van der Waals surface area contributed by atoms with E-state index in [0.717, 1.165) is 26.2 Å². The number of nitrogens with one attached hydrogen (secondary N) is 1. The van der Waals surface area contributed by atoms with Crippen molar-refractivity contribution >= 4 is 32.6 Å². The van der Waals surface area contributed by atoms with Crippen molar-refractivity contribution in [3.8, 4) is 11.1 Å². The third-order valence-corrected chi connectivity index (χ3v) is 8.82. The molecule has 3 aromatic carbocycles. The van der Waals surface area contributed by atoms with Crippen molar-refractivity contribution in [1.82, 2.24) is 14.6 Å². The summed E-state index contributed by atoms with van der Waals surface area (Å²) >= 11 is 0. The fraction of sp³-hybridized carbons (Fsp3) is 0.241. The summed E-state index contributed by atoms with van der Waals surface area (Å²) in [7, 11) is -4.25. The smallest absolute Gasteiger partial charge is 0.333 e. The quantitative estimate of drug-likeness (QED) is 0.340. The van der Waals surface area contributed by atoms with E-state index in [1.807, 2.05) is 61.5 Å². The molecule has 0 aliphatic carbocycles. The molecule has 0 spiro atoms. The zero-order chi connectivity index (χ0) is 27.3. The van der Waals surface area contributed by atoms with Crippen LogP contribution in [0.25, 0.3) is 21.9 Å². The number of ether oxygens (including phenoxy) is 1. The highest BCUT2D eigenvalue weighted by molar-refractivity contribution is 7.89. The Morgan fingerprint density at radius 3 is 2.42 bits per heavy atom. The topological polar surface area (TPSA) is 118 Å². The predicted molar refractivity (Wildman–Crippen MR) is 148 cm³/mol. The zero-order valence-corrected chi connectivity index (χ0v) is 22.5. The highest BCUT2D eigenvalue weighted by Crippen LogP contribution is 2.45. The second-order valence-corrected chi connectivity index (χ2v) is 12.2. The molecule has 1 aliphatic heterocycles. The zero-order valence-electron chi connectivity index (χ0n) is 21.7. The molecule has 1 fully saturated rings. The van der Waals surface area contributed by atoms with E-state index < -0.39 is 33.4 Å². The average molecular weight is 531 g/mol. The van der Waals surface area contributed by atoms with E-state index in [0.29, 0.717) is 11.4 Å². The van der Waals surface area contributed by atoms with Crippen LogP contribution in [-0.2, 0) is 20.4 Å². The van der Waals surface area contributed by atoms with Crippen molar-refractivity contribution in [2.24, 2.45) is 0 Å². The molecule has 2 heterocycles. The maximum atomic E-state index is 14.0. The maximum absolute atomic E-state index is 14.0. The molecule has 0 bridgehead atoms. The average Bonchev–Trinajstić information content (AvgIpc) is 3.53. The number of nitrogens with zero attached hydrogens (tertiary/aromatic N) is 2. The van der Waals surface area contributed by atoms with Gasteiger partial charge in [0, 0.05) is 17.1 Å². The lowest BCUT2D eigenvalue weighted by molar-refractivity contribution is 0.190. The van der Waals surface area contributed by atoms with Gasteiger partial charge in [0.05, 0.1) is 10.4 Å². The van der Waals surface area contributed by atoms with Crippen LogP contribution >= 0.6 is 0 Å². The van der Waals surface area contributed by atoms with Gasteiger partial charge >= 0.3 is 6.03 Å². The first kappa shape index (κ1) is 25.7. The lowest BCUT2D eigenvalue weighted by Gasteiger charge is -2.35. The molecule has 0 saturated carbocycles. The summed E-state index contributed by atoms with van der Waals surface area (Å²) in [4.78, 5) is 17.8. The van der Waals surface area contributed by atoms with Gasteiger partial charge in [-0.2, -0.15) is 0 Å². The van der Waals surface area contributed by atoms with Gasteiger partial charge in [0.25, 0.3) is 10.0 Å². The summed E-state index contributed by atoms with van der Waals surface area (Å²) in [6, 6.07) is 22.7. The van der Waals surface area contributed by atoms with Gasteiger partial charge in [-0.3, -0.25) is 0 Å². The van der Waals surface area contributed by atoms with Crippen molar-refractivity contribution < 1.29 is 17.9 Å². The molecule has 9 heteroatoms. The van der Waals surface area contributed by atoms with Gasteiger partial charge in [-0.25, -0.2) is 22.5 Å². The fourth-order valence-corrected chi connectivity index (χ4v) is 6.59. The number of urea groups is 1. The molecule has 5 rings (SSSR count). The minimum absolute atomic E-state index is 0.0493. The highest BCUT2D eigenvalue weighted by Gasteiger charge is 2.56. The number of carbonyl (C=O) groups is 1. The highest BCUT2D eigenvalue weighted by atomic mass is 32.2. The van der Waals surface area contributed by atoms with E-state index in [1.54, 1.807) is 45.2 Å². The SMILES string of the molecule is CC1(c2ccc3ccnc(N)c3c2)OC1NC(=O)N(C(C)(C)C)S(=O)(=O)c1ccccc1-c1ccccc1. The first-order valence-electron chi connectivity index (χ1n) is 12.3. The third kappa shape index (κ3) is 4.48. The Bertz CT molecular complexity index is 1630. The van der Waals surface area contributed by atoms with Crippen molar-refractivity contribution in [3.63, 3.8) is 0 Å². The van der Waals surface area contributed by atoms with Gasteiger partial charge in [0.1, 0.15) is 11.4 Å². The normalized spacial score (nSPS) is 19.2. The summed E-state index contributed by atoms with van der Waals surface area (Å²) in [6.45, 7) is 6.89. The van der Waals surface area contributed by atoms with Crippen molar-refractivity contribution in [2.75, 3.05) is 5.73 Å². The van der Waals surface area contributed by atoms with Crippen LogP contribution in [0, 0.1) is 0 Å². The molecule has 8 nitrogen and oxygen atoms in total. The monoisotopic (exact) mass is 530 g/mol. The van der Waals surface area contributed by atoms with Gasteiger partial charge in [-0.15, -0.1) is 0 Å². The number of sulfonamides is 1. The minimum Gasteiger partial charge on any atom is -0.383 e. The Morgan fingerprint density at radius 1 is 1.03 bits per heavy atom. The van der Waals surface area contributed by atoms with Gasteiger partial charge < -0.3 is 15.8 Å². The van der Waals surface area contributed by atoms with E-state index in [-0.39, 0.29) is 4.90 Å². The van der Waals surface area contributed by atoms with Crippen LogP contribution in [0.5, 0.6) is 0 Å². The number of anilines is 1. The van der Waals surface area contributed by atoms with Crippen molar-refractivity contribution in [3.05, 3.63) is 90.6 Å². The third-order valence-electron chi connectivity index (χ3n) is 6.71. The number of amides is 2. The van der Waals surface area contributed by atoms with E-state index in [1.165, 1.54) is 6.07 Å². The summed E-state index contributed by atoms with van der Waals surface area (Å²) in [5, 5.41) is 4.50. The van der Waals surface area contributed by atoms with E-state index in [9.17, 15) is 13.2 Å². The Balaban J connectivity index is 1.45. The molecule has 3 N–H and O–H groups in total. The molecule has 1 aromatic heterocycles. The number of hydrogen-bond donors (Lipinski definition) is 2. The van der Waals surface area contributed by atoms with Crippen LogP contribution in [0.1, 0.15) is 33.3 Å². The van der Waals surface area contributed by atoms with Crippen molar-refractivity contribution in [2.45, 2.75) is 50.0 Å². The Labute approximate surface area is 222 Å². The number of carbonyl (C=O) groups excluding carboxylic acids is 1. The molecule has 2 amide bonds. The molecule has 2 unspecified atom stereocenters. The van der Waals surface area contributed by atoms with Gasteiger partial charge in [-0.1, -0.05) is 60.7 Å². The predicted octanol–water partition coefficient (Wildman–Crippen LogP) is 5.25. The van der Waals surface area contributed by atoms with Gasteiger partial charge in [-0.05, 0) is 62.4 Å². The van der Waals surface area contributed by atoms with E-state index >= 15 is 0 Å². The summed E-state index contributed by atoms with van der Waals surface area (Å²) in [5.74, 6) is 0.399. The van der Waals surface area contributed by atoms with Crippen molar-refractivity contribution in [1.29, 1.82) is 0 Å². The molecular formula is C29H30N4O4S. The van der Waals surface area contributed by atoms with Crippen LogP contribution in [0.2, 0.25) is 0 Å². The van der Waals surface area contributed by atoms with Crippen LogP contribution < -0.4 is 11.1 Å². The molecule has 196 valence electrons. The molecule has 2 atom stereocenters. The number of nitrogen functional groups attached to an aromatic ring is 1. The van der Waals surface area contributed by atoms with Gasteiger partial charge in [0.15, 0.2) is 6.23 Å². The maximum Gasteiger partial charge on any atom is 0.333 e. The van der Waals surface area contributed by atoms with E-state index in [4.69, 9.17) is 10.5 Å².